The molecule has 28 heavy (non-hydrogen) atoms. The van der Waals surface area contributed by atoms with Gasteiger partial charge in [-0.25, -0.2) is 8.42 Å². The second-order valence-electron chi connectivity index (χ2n) is 6.80. The first-order valence-corrected chi connectivity index (χ1v) is 10.6. The molecule has 0 amide bonds. The summed E-state index contributed by atoms with van der Waals surface area (Å²) in [5.41, 5.74) is 2.61. The van der Waals surface area contributed by atoms with Crippen molar-refractivity contribution < 1.29 is 17.7 Å². The molecule has 0 aliphatic heterocycles. The van der Waals surface area contributed by atoms with Gasteiger partial charge in [0.05, 0.1) is 17.2 Å². The van der Waals surface area contributed by atoms with Crippen LogP contribution in [0.15, 0.2) is 57.9 Å². The Morgan fingerprint density at radius 1 is 1.11 bits per heavy atom. The van der Waals surface area contributed by atoms with Crippen LogP contribution in [0.4, 0.5) is 5.69 Å². The Hall–Kier alpha value is -2.80. The van der Waals surface area contributed by atoms with E-state index in [-0.39, 0.29) is 10.8 Å². The minimum absolute atomic E-state index is 0.0393. The first-order valence-electron chi connectivity index (χ1n) is 9.13. The molecule has 0 saturated heterocycles. The van der Waals surface area contributed by atoms with Crippen LogP contribution in [0, 0.1) is 6.92 Å². The zero-order valence-electron chi connectivity index (χ0n) is 16.4. The molecule has 0 atom stereocenters. The Morgan fingerprint density at radius 3 is 2.39 bits per heavy atom. The molecule has 148 valence electrons. The van der Waals surface area contributed by atoms with E-state index in [4.69, 9.17) is 9.26 Å². The van der Waals surface area contributed by atoms with Gasteiger partial charge in [-0.2, -0.15) is 0 Å². The van der Waals surface area contributed by atoms with E-state index in [1.807, 2.05) is 39.8 Å². The van der Waals surface area contributed by atoms with Crippen molar-refractivity contribution in [3.8, 4) is 17.1 Å². The van der Waals surface area contributed by atoms with Gasteiger partial charge in [0.1, 0.15) is 5.75 Å². The highest BCUT2D eigenvalue weighted by molar-refractivity contribution is 7.92. The van der Waals surface area contributed by atoms with E-state index in [9.17, 15) is 8.42 Å². The maximum atomic E-state index is 13.1. The first-order chi connectivity index (χ1) is 13.3. The van der Waals surface area contributed by atoms with Crippen LogP contribution in [0.5, 0.6) is 5.75 Å². The highest BCUT2D eigenvalue weighted by Crippen LogP contribution is 2.31. The molecule has 1 heterocycles. The number of aromatic nitrogens is 1. The SMILES string of the molecule is CCOc1ccc(NS(=O)(=O)c2cc(-c3cc(C)no3)ccc2C(C)C)cc1. The lowest BCUT2D eigenvalue weighted by Gasteiger charge is -2.16. The number of ether oxygens (including phenoxy) is 1. The van der Waals surface area contributed by atoms with E-state index in [1.54, 1.807) is 36.4 Å². The molecule has 1 N–H and O–H groups in total. The fourth-order valence-electron chi connectivity index (χ4n) is 2.89. The van der Waals surface area contributed by atoms with Crippen LogP contribution < -0.4 is 9.46 Å². The summed E-state index contributed by atoms with van der Waals surface area (Å²) in [6.07, 6.45) is 0. The molecule has 0 aliphatic rings. The van der Waals surface area contributed by atoms with E-state index in [0.29, 0.717) is 29.4 Å². The fraction of sp³-hybridized carbons (Fsp3) is 0.286. The number of aryl methyl sites for hydroxylation is 1. The third-order valence-electron chi connectivity index (χ3n) is 4.26. The predicted molar refractivity (Wildman–Crippen MR) is 109 cm³/mol. The van der Waals surface area contributed by atoms with Gasteiger partial charge in [-0.3, -0.25) is 4.72 Å². The van der Waals surface area contributed by atoms with Gasteiger partial charge in [-0.05, 0) is 55.7 Å². The molecule has 0 aliphatic carbocycles. The lowest BCUT2D eigenvalue weighted by Crippen LogP contribution is -2.15. The fourth-order valence-corrected chi connectivity index (χ4v) is 4.35. The predicted octanol–water partition coefficient (Wildman–Crippen LogP) is 4.97. The minimum Gasteiger partial charge on any atom is -0.494 e. The average Bonchev–Trinajstić information content (AvgIpc) is 3.09. The van der Waals surface area contributed by atoms with Crippen molar-refractivity contribution in [1.29, 1.82) is 0 Å². The summed E-state index contributed by atoms with van der Waals surface area (Å²) in [6, 6.07) is 13.9. The summed E-state index contributed by atoms with van der Waals surface area (Å²) in [4.78, 5) is 0.225. The van der Waals surface area contributed by atoms with Crippen molar-refractivity contribution in [1.82, 2.24) is 5.16 Å². The highest BCUT2D eigenvalue weighted by Gasteiger charge is 2.22. The average molecular weight is 401 g/mol. The largest absolute Gasteiger partial charge is 0.494 e. The summed E-state index contributed by atoms with van der Waals surface area (Å²) in [6.45, 7) is 8.19. The van der Waals surface area contributed by atoms with Gasteiger partial charge < -0.3 is 9.26 Å². The van der Waals surface area contributed by atoms with Crippen molar-refractivity contribution in [2.45, 2.75) is 38.5 Å². The Kier molecular flexibility index (Phi) is 5.74. The third kappa shape index (κ3) is 4.36. The molecule has 0 spiro atoms. The van der Waals surface area contributed by atoms with Crippen LogP contribution in [0.25, 0.3) is 11.3 Å². The molecule has 2 aromatic carbocycles. The van der Waals surface area contributed by atoms with E-state index in [0.717, 1.165) is 11.3 Å². The first kappa shape index (κ1) is 19.9. The summed E-state index contributed by atoms with van der Waals surface area (Å²) >= 11 is 0. The normalized spacial score (nSPS) is 11.6. The van der Waals surface area contributed by atoms with Gasteiger partial charge in [0.2, 0.25) is 0 Å². The van der Waals surface area contributed by atoms with Crippen LogP contribution in [-0.2, 0) is 10.0 Å². The quantitative estimate of drug-likeness (QED) is 0.605. The zero-order chi connectivity index (χ0) is 20.3. The topological polar surface area (TPSA) is 81.4 Å². The number of anilines is 1. The number of rotatable bonds is 7. The monoisotopic (exact) mass is 400 g/mol. The van der Waals surface area contributed by atoms with Crippen LogP contribution >= 0.6 is 0 Å². The Bertz CT molecular complexity index is 1050. The van der Waals surface area contributed by atoms with Gasteiger partial charge in [-0.1, -0.05) is 31.1 Å². The van der Waals surface area contributed by atoms with Crippen LogP contribution in [0.1, 0.15) is 37.9 Å². The van der Waals surface area contributed by atoms with E-state index < -0.39 is 10.0 Å². The van der Waals surface area contributed by atoms with Gasteiger partial charge in [0.15, 0.2) is 5.76 Å². The Balaban J connectivity index is 1.98. The summed E-state index contributed by atoms with van der Waals surface area (Å²) < 4.78 is 39.6. The van der Waals surface area contributed by atoms with E-state index in [2.05, 4.69) is 9.88 Å². The van der Waals surface area contributed by atoms with E-state index >= 15 is 0 Å². The molecular formula is C21H24N2O4S. The maximum Gasteiger partial charge on any atom is 0.262 e. The van der Waals surface area contributed by atoms with Crippen LogP contribution in [0.3, 0.4) is 0 Å². The van der Waals surface area contributed by atoms with Crippen molar-refractivity contribution in [2.24, 2.45) is 0 Å². The van der Waals surface area contributed by atoms with Crippen molar-refractivity contribution in [3.63, 3.8) is 0 Å². The molecule has 0 fully saturated rings. The van der Waals surface area contributed by atoms with Crippen LogP contribution in [-0.4, -0.2) is 20.2 Å². The summed E-state index contributed by atoms with van der Waals surface area (Å²) in [7, 11) is -3.79. The number of nitrogens with one attached hydrogen (secondary N) is 1. The van der Waals surface area contributed by atoms with Crippen molar-refractivity contribution in [2.75, 3.05) is 11.3 Å². The zero-order valence-corrected chi connectivity index (χ0v) is 17.2. The molecule has 7 heteroatoms. The summed E-state index contributed by atoms with van der Waals surface area (Å²) in [5.74, 6) is 1.26. The minimum atomic E-state index is -3.79. The third-order valence-corrected chi connectivity index (χ3v) is 5.69. The molecule has 0 unspecified atom stereocenters. The second kappa shape index (κ2) is 8.06. The molecular weight excluding hydrogens is 376 g/mol. The maximum absolute atomic E-state index is 13.1. The van der Waals surface area contributed by atoms with Crippen molar-refractivity contribution in [3.05, 3.63) is 59.8 Å². The number of sulfonamides is 1. The molecule has 0 radical (unpaired) electrons. The van der Waals surface area contributed by atoms with Crippen molar-refractivity contribution >= 4 is 15.7 Å². The summed E-state index contributed by atoms with van der Waals surface area (Å²) in [5, 5.41) is 3.88. The number of hydrogen-bond acceptors (Lipinski definition) is 5. The number of nitrogens with zero attached hydrogens (tertiary/aromatic N) is 1. The molecule has 3 rings (SSSR count). The molecule has 0 bridgehead atoms. The Morgan fingerprint density at radius 2 is 1.82 bits per heavy atom. The standard InChI is InChI=1S/C21H24N2O4S/c1-5-26-18-9-7-17(8-10-18)23-28(24,25)21-13-16(6-11-19(21)14(2)3)20-12-15(4)22-27-20/h6-14,23H,5H2,1-4H3. The van der Waals surface area contributed by atoms with E-state index in [1.165, 1.54) is 0 Å². The Labute approximate surface area is 165 Å². The molecule has 3 aromatic rings. The molecule has 0 saturated carbocycles. The van der Waals surface area contributed by atoms with Crippen LogP contribution in [0.2, 0.25) is 0 Å². The number of benzene rings is 2. The lowest BCUT2D eigenvalue weighted by atomic mass is 10.0. The molecule has 6 nitrogen and oxygen atoms in total. The molecule has 1 aromatic heterocycles. The van der Waals surface area contributed by atoms with Gasteiger partial charge in [-0.15, -0.1) is 0 Å². The number of hydrogen-bond donors (Lipinski definition) is 1. The van der Waals surface area contributed by atoms with Gasteiger partial charge >= 0.3 is 0 Å². The highest BCUT2D eigenvalue weighted by atomic mass is 32.2. The smallest absolute Gasteiger partial charge is 0.262 e. The van der Waals surface area contributed by atoms with Gasteiger partial charge in [0.25, 0.3) is 10.0 Å². The second-order valence-corrected chi connectivity index (χ2v) is 8.45. The lowest BCUT2D eigenvalue weighted by molar-refractivity contribution is 0.340. The van der Waals surface area contributed by atoms with Gasteiger partial charge in [0, 0.05) is 17.3 Å².